The highest BCUT2D eigenvalue weighted by Crippen LogP contribution is 2.44. The normalized spacial score (nSPS) is 22.9. The first-order valence-corrected chi connectivity index (χ1v) is 19.4. The Morgan fingerprint density at radius 2 is 0.982 bits per heavy atom. The van der Waals surface area contributed by atoms with E-state index in [1.807, 2.05) is 24.3 Å². The van der Waals surface area contributed by atoms with E-state index in [0.29, 0.717) is 32.1 Å². The maximum Gasteiger partial charge on any atom is 0.424 e. The van der Waals surface area contributed by atoms with Gasteiger partial charge in [-0.05, 0) is 89.8 Å². The molecule has 8 amide bonds. The number of ether oxygens (including phenoxy) is 2. The summed E-state index contributed by atoms with van der Waals surface area (Å²) in [4.78, 5) is 105. The number of carbonyl (C=O) groups excluding carboxylic acids is 8. The van der Waals surface area contributed by atoms with E-state index in [0.717, 1.165) is 5.56 Å². The van der Waals surface area contributed by atoms with Crippen LogP contribution in [0.5, 0.6) is 0 Å². The lowest BCUT2D eigenvalue weighted by Gasteiger charge is -2.36. The number of aliphatic hydroxyl groups is 1. The molecule has 56 heavy (non-hydrogen) atoms. The number of imide groups is 6. The number of amides is 8. The van der Waals surface area contributed by atoms with Crippen LogP contribution in [0, 0.1) is 10.8 Å². The zero-order chi connectivity index (χ0) is 41.4. The Kier molecular flexibility index (Phi) is 12.0. The fraction of sp³-hybridized carbons (Fsp3) is 0.500. The zero-order valence-corrected chi connectivity index (χ0v) is 34.0. The van der Waals surface area contributed by atoms with E-state index < -0.39 is 57.8 Å². The second-order valence-electron chi connectivity index (χ2n) is 16.5. The van der Waals surface area contributed by atoms with Gasteiger partial charge in [0.1, 0.15) is 11.2 Å². The molecule has 2 unspecified atom stereocenters. The van der Waals surface area contributed by atoms with Crippen molar-refractivity contribution >= 4 is 74.9 Å². The van der Waals surface area contributed by atoms with Gasteiger partial charge in [0.25, 0.3) is 0 Å². The molecule has 2 atom stereocenters. The molecule has 0 aliphatic carbocycles. The fourth-order valence-corrected chi connectivity index (χ4v) is 7.49. The molecular formula is C40H47BrN4O11. The summed E-state index contributed by atoms with van der Waals surface area (Å²) in [6.45, 7) is 10.1. The molecule has 0 saturated carbocycles. The van der Waals surface area contributed by atoms with Crippen LogP contribution in [-0.4, -0.2) is 86.8 Å². The lowest BCUT2D eigenvalue weighted by atomic mass is 9.78. The summed E-state index contributed by atoms with van der Waals surface area (Å²) in [5, 5.41) is 9.86. The van der Waals surface area contributed by atoms with Crippen molar-refractivity contribution in [1.29, 1.82) is 0 Å². The summed E-state index contributed by atoms with van der Waals surface area (Å²) in [6, 6.07) is 14.3. The summed E-state index contributed by atoms with van der Waals surface area (Å²) < 4.78 is 10.4. The monoisotopic (exact) mass is 838 g/mol. The lowest BCUT2D eigenvalue weighted by Crippen LogP contribution is -2.55. The zero-order valence-electron chi connectivity index (χ0n) is 32.4. The van der Waals surface area contributed by atoms with Gasteiger partial charge >= 0.3 is 12.2 Å². The molecule has 2 spiro atoms. The second kappa shape index (κ2) is 15.9. The van der Waals surface area contributed by atoms with Gasteiger partial charge in [-0.2, -0.15) is 9.80 Å². The fourth-order valence-electron chi connectivity index (χ4n) is 7.12. The van der Waals surface area contributed by atoms with Crippen molar-refractivity contribution in [2.24, 2.45) is 10.8 Å². The number of halogens is 1. The molecule has 300 valence electrons. The first-order valence-electron chi connectivity index (χ1n) is 18.3. The van der Waals surface area contributed by atoms with E-state index in [2.05, 4.69) is 15.9 Å². The highest BCUT2D eigenvalue weighted by Gasteiger charge is 2.58. The van der Waals surface area contributed by atoms with Crippen LogP contribution in [0.25, 0.3) is 0 Å². The van der Waals surface area contributed by atoms with Gasteiger partial charge in [-0.15, -0.1) is 0 Å². The molecule has 4 heterocycles. The molecule has 4 aliphatic rings. The summed E-state index contributed by atoms with van der Waals surface area (Å²) in [7, 11) is 0. The van der Waals surface area contributed by atoms with Crippen molar-refractivity contribution in [3.63, 3.8) is 0 Å². The van der Waals surface area contributed by atoms with Crippen LogP contribution in [-0.2, 0) is 50.2 Å². The van der Waals surface area contributed by atoms with Gasteiger partial charge in [-0.25, -0.2) is 9.59 Å². The predicted octanol–water partition coefficient (Wildman–Crippen LogP) is 5.37. The largest absolute Gasteiger partial charge is 0.443 e. The molecule has 16 heteroatoms. The van der Waals surface area contributed by atoms with Gasteiger partial charge in [0, 0.05) is 55.5 Å². The van der Waals surface area contributed by atoms with Crippen LogP contribution in [0.2, 0.25) is 0 Å². The van der Waals surface area contributed by atoms with Crippen LogP contribution >= 0.6 is 15.9 Å². The Labute approximate surface area is 333 Å². The first kappa shape index (κ1) is 42.2. The molecule has 15 nitrogen and oxygen atoms in total. The number of aliphatic hydroxyl groups excluding tert-OH is 1. The molecule has 4 aliphatic heterocycles. The van der Waals surface area contributed by atoms with Gasteiger partial charge in [-0.1, -0.05) is 40.2 Å². The number of likely N-dealkylation sites (tertiary alicyclic amines) is 2. The number of nitrogens with zero attached hydrogens (tertiary/aromatic N) is 4. The van der Waals surface area contributed by atoms with Crippen LogP contribution in [0.1, 0.15) is 91.2 Å². The van der Waals surface area contributed by atoms with Crippen molar-refractivity contribution in [3.05, 3.63) is 59.7 Å². The smallest absolute Gasteiger partial charge is 0.424 e. The molecule has 6 rings (SSSR count). The number of alkyl halides is 1. The van der Waals surface area contributed by atoms with Crippen molar-refractivity contribution in [2.75, 3.05) is 22.9 Å². The summed E-state index contributed by atoms with van der Waals surface area (Å²) in [6.07, 6.45) is -1.61. The number of hydrogen-bond donors (Lipinski definition) is 1. The standard InChI is InChI=1S/C20H23BrN2O5.C20H24N2O6/c1-19(2,3)28-18(27)23-15(24)8-9-20(17(23)26)10-16(25)22(12-20)14-6-4-13(11-21)5-7-14;1-19(2,3)28-18(27)22-15(24)8-9-20(17(22)26)10-16(25)21(12-20)14-6-4-13(11-23)5-7-14/h4-7H,8-12H2,1-3H3;4-7,23H,8-12H2,1-3H3. The SMILES string of the molecule is CC(C)(C)OC(=O)N1C(=O)CCC2(CC(=O)N(c3ccc(CBr)cc3)C2)C1=O.CC(C)(C)OC(=O)N1C(=O)CCC2(CC(=O)N(c3ccc(CO)cc3)C2)C1=O. The minimum Gasteiger partial charge on any atom is -0.443 e. The Morgan fingerprint density at radius 1 is 0.625 bits per heavy atom. The Bertz CT molecular complexity index is 1800. The van der Waals surface area contributed by atoms with Gasteiger partial charge < -0.3 is 24.4 Å². The third-order valence-electron chi connectivity index (χ3n) is 9.94. The van der Waals surface area contributed by atoms with Crippen molar-refractivity contribution in [1.82, 2.24) is 9.80 Å². The average molecular weight is 840 g/mol. The summed E-state index contributed by atoms with van der Waals surface area (Å²) in [5.74, 6) is -2.96. The Morgan fingerprint density at radius 3 is 1.30 bits per heavy atom. The van der Waals surface area contributed by atoms with Gasteiger partial charge in [-0.3, -0.25) is 28.8 Å². The predicted molar refractivity (Wildman–Crippen MR) is 205 cm³/mol. The van der Waals surface area contributed by atoms with E-state index in [4.69, 9.17) is 14.6 Å². The number of anilines is 2. The number of benzene rings is 2. The number of hydrogen-bond acceptors (Lipinski definition) is 11. The third kappa shape index (κ3) is 8.86. The van der Waals surface area contributed by atoms with Crippen molar-refractivity contribution in [2.45, 2.75) is 103 Å². The van der Waals surface area contributed by atoms with Crippen molar-refractivity contribution < 1.29 is 52.9 Å². The maximum atomic E-state index is 13.1. The number of rotatable bonds is 4. The van der Waals surface area contributed by atoms with Gasteiger partial charge in [0.2, 0.25) is 35.4 Å². The van der Waals surface area contributed by atoms with E-state index in [1.54, 1.807) is 70.7 Å². The van der Waals surface area contributed by atoms with Crippen molar-refractivity contribution in [3.8, 4) is 0 Å². The first-order chi connectivity index (χ1) is 26.1. The molecule has 2 aromatic carbocycles. The van der Waals surface area contributed by atoms with Gasteiger partial charge in [0.05, 0.1) is 17.4 Å². The van der Waals surface area contributed by atoms with E-state index >= 15 is 0 Å². The minimum absolute atomic E-state index is 0.00441. The number of carbonyl (C=O) groups is 8. The van der Waals surface area contributed by atoms with Crippen LogP contribution in [0.4, 0.5) is 21.0 Å². The van der Waals surface area contributed by atoms with E-state index in [9.17, 15) is 38.4 Å². The van der Waals surface area contributed by atoms with Crippen LogP contribution in [0.3, 0.4) is 0 Å². The Balaban J connectivity index is 0.000000214. The molecule has 4 saturated heterocycles. The third-order valence-corrected chi connectivity index (χ3v) is 10.6. The van der Waals surface area contributed by atoms with E-state index in [-0.39, 0.29) is 70.0 Å². The minimum atomic E-state index is -1.13. The summed E-state index contributed by atoms with van der Waals surface area (Å²) >= 11 is 3.38. The Hall–Kier alpha value is -4.96. The molecule has 0 aromatic heterocycles. The van der Waals surface area contributed by atoms with E-state index in [1.165, 1.54) is 4.90 Å². The quantitative estimate of drug-likeness (QED) is 0.308. The lowest BCUT2D eigenvalue weighted by molar-refractivity contribution is -0.157. The molecular weight excluding hydrogens is 792 g/mol. The molecule has 2 aromatic rings. The highest BCUT2D eigenvalue weighted by atomic mass is 79.9. The molecule has 1 N–H and O–H groups in total. The summed E-state index contributed by atoms with van der Waals surface area (Å²) in [5.41, 5.74) is -0.826. The molecule has 0 radical (unpaired) electrons. The van der Waals surface area contributed by atoms with Crippen LogP contribution in [0.15, 0.2) is 48.5 Å². The highest BCUT2D eigenvalue weighted by molar-refractivity contribution is 9.08. The second-order valence-corrected chi connectivity index (χ2v) is 17.1. The maximum absolute atomic E-state index is 13.1. The molecule has 4 fully saturated rings. The van der Waals surface area contributed by atoms with Crippen LogP contribution < -0.4 is 9.80 Å². The molecule has 0 bridgehead atoms. The topological polar surface area (TPSA) is 188 Å². The number of piperidine rings is 2. The average Bonchev–Trinajstić information content (AvgIpc) is 3.64. The van der Waals surface area contributed by atoms with Gasteiger partial charge in [0.15, 0.2) is 0 Å².